The van der Waals surface area contributed by atoms with Crippen molar-refractivity contribution in [2.24, 2.45) is 0 Å². The smallest absolute Gasteiger partial charge is 0.256 e. The molecule has 9 aromatic rings. The molecular formula is C66H53B2N5O. The molecule has 9 aromatic carbocycles. The molecule has 0 aromatic heterocycles. The molecule has 8 heterocycles. The normalized spacial score (nSPS) is 16.7. The van der Waals surface area contributed by atoms with Gasteiger partial charge in [-0.2, -0.15) is 0 Å². The summed E-state index contributed by atoms with van der Waals surface area (Å²) in [6, 6.07) is 66.7. The molecule has 8 heteroatoms. The van der Waals surface area contributed by atoms with Gasteiger partial charge in [-0.15, -0.1) is 0 Å². The molecular weight excluding hydrogens is 900 g/mol. The molecule has 0 atom stereocenters. The number of para-hydroxylation sites is 5. The van der Waals surface area contributed by atoms with Gasteiger partial charge in [0.25, 0.3) is 13.4 Å². The number of fused-ring (bicyclic) bond motifs is 12. The summed E-state index contributed by atoms with van der Waals surface area (Å²) in [7, 11) is 0. The zero-order valence-corrected chi connectivity index (χ0v) is 41.5. The molecule has 0 amide bonds. The Bertz CT molecular complexity index is 3840. The molecule has 0 aliphatic carbocycles. The van der Waals surface area contributed by atoms with E-state index >= 15 is 0 Å². The van der Waals surface area contributed by atoms with E-state index in [1.54, 1.807) is 0 Å². The lowest BCUT2D eigenvalue weighted by molar-refractivity contribution is 0.475. The van der Waals surface area contributed by atoms with Crippen molar-refractivity contribution >= 4 is 109 Å². The maximum absolute atomic E-state index is 7.37. The second-order valence-corrected chi connectivity index (χ2v) is 21.8. The van der Waals surface area contributed by atoms with Crippen molar-refractivity contribution in [2.75, 3.05) is 50.7 Å². The average Bonchev–Trinajstić information content (AvgIpc) is 3.48. The standard InChI is InChI=1S/C66H53B2N5O/c1-4-20-42(21-5-1)45-26-10-13-33-54(45)73-57-41-56-52(68-51-32-12-15-35-58(51)74-66-49-30-19-39-70-38-18-29-48(62(49)70)65(60(66)68)72(56)44-24-8-3-9-25-44)40-53(57)67-50-31-11-14-34-55(50)71(43-22-6-2-7-23-43)63-46-27-16-36-69-37-17-28-47(61(46)69)64(73)59(63)67/h1-15,20-26,31-35,40-41H,16-19,27-30,36-39H2. The summed E-state index contributed by atoms with van der Waals surface area (Å²) in [5.74, 6) is 2.08. The SMILES string of the molecule is c1ccc(-c2ccccc2N2c3cc4c(cc3B3c5ccccc5N(c5ccccc5)c5c6c7c(c2c53)CCCN7CCC6)B2c3ccccc3Oc3c5c6c(c(c32)N4c2ccccc2)CCCN6CCC5)cc1. The monoisotopic (exact) mass is 953 g/mol. The number of ether oxygens (including phenoxy) is 1. The third-order valence-electron chi connectivity index (χ3n) is 18.1. The first kappa shape index (κ1) is 41.4. The zero-order valence-electron chi connectivity index (χ0n) is 41.5. The molecule has 0 spiro atoms. The minimum Gasteiger partial charge on any atom is -0.458 e. The highest BCUT2D eigenvalue weighted by Gasteiger charge is 2.52. The lowest BCUT2D eigenvalue weighted by Crippen LogP contribution is -2.65. The zero-order chi connectivity index (χ0) is 48.2. The molecule has 0 N–H and O–H groups in total. The van der Waals surface area contributed by atoms with Gasteiger partial charge in [0.1, 0.15) is 11.5 Å². The van der Waals surface area contributed by atoms with Gasteiger partial charge in [-0.25, -0.2) is 0 Å². The highest BCUT2D eigenvalue weighted by molar-refractivity contribution is 7.02. The van der Waals surface area contributed by atoms with E-state index in [-0.39, 0.29) is 13.4 Å². The molecule has 354 valence electrons. The maximum Gasteiger partial charge on any atom is 0.256 e. The fraction of sp³-hybridized carbons (Fsp3) is 0.182. The van der Waals surface area contributed by atoms with Crippen LogP contribution in [0.4, 0.5) is 62.6 Å². The second kappa shape index (κ2) is 15.7. The van der Waals surface area contributed by atoms with Crippen LogP contribution in [-0.2, 0) is 25.7 Å². The first-order valence-electron chi connectivity index (χ1n) is 27.4. The molecule has 0 unspecified atom stereocenters. The third-order valence-corrected chi connectivity index (χ3v) is 18.1. The van der Waals surface area contributed by atoms with E-state index in [9.17, 15) is 0 Å². The van der Waals surface area contributed by atoms with Gasteiger partial charge in [-0.1, -0.05) is 127 Å². The third kappa shape index (κ3) is 5.58. The van der Waals surface area contributed by atoms with Crippen LogP contribution in [0.3, 0.4) is 0 Å². The molecule has 0 bridgehead atoms. The van der Waals surface area contributed by atoms with E-state index < -0.39 is 0 Å². The lowest BCUT2D eigenvalue weighted by atomic mass is 9.30. The Hall–Kier alpha value is -8.09. The van der Waals surface area contributed by atoms with E-state index in [1.807, 2.05) is 0 Å². The summed E-state index contributed by atoms with van der Waals surface area (Å²) < 4.78 is 7.37. The number of rotatable bonds is 4. The molecule has 0 fully saturated rings. The van der Waals surface area contributed by atoms with Crippen LogP contribution in [0.25, 0.3) is 11.1 Å². The fourth-order valence-electron chi connectivity index (χ4n) is 15.4. The molecule has 17 rings (SSSR count). The molecule has 8 aliphatic rings. The number of benzene rings is 9. The Morgan fingerprint density at radius 3 is 1.49 bits per heavy atom. The highest BCUT2D eigenvalue weighted by atomic mass is 16.5. The molecule has 6 nitrogen and oxygen atoms in total. The van der Waals surface area contributed by atoms with Crippen LogP contribution >= 0.6 is 0 Å². The van der Waals surface area contributed by atoms with Crippen LogP contribution < -0.4 is 62.0 Å². The largest absolute Gasteiger partial charge is 0.458 e. The van der Waals surface area contributed by atoms with Gasteiger partial charge in [0.05, 0.1) is 11.4 Å². The van der Waals surface area contributed by atoms with Crippen molar-refractivity contribution in [2.45, 2.75) is 51.4 Å². The van der Waals surface area contributed by atoms with Crippen molar-refractivity contribution in [3.05, 3.63) is 198 Å². The topological polar surface area (TPSA) is 25.4 Å². The van der Waals surface area contributed by atoms with Crippen molar-refractivity contribution < 1.29 is 4.74 Å². The Morgan fingerprint density at radius 2 is 0.824 bits per heavy atom. The Morgan fingerprint density at radius 1 is 0.351 bits per heavy atom. The summed E-state index contributed by atoms with van der Waals surface area (Å²) in [6.45, 7) is 4.34. The van der Waals surface area contributed by atoms with Crippen molar-refractivity contribution in [1.29, 1.82) is 0 Å². The van der Waals surface area contributed by atoms with E-state index in [4.69, 9.17) is 4.74 Å². The van der Waals surface area contributed by atoms with Gasteiger partial charge in [0, 0.05) is 88.5 Å². The molecule has 0 radical (unpaired) electrons. The minimum atomic E-state index is -0.0205. The number of nitrogens with zero attached hydrogens (tertiary/aromatic N) is 5. The second-order valence-electron chi connectivity index (χ2n) is 21.8. The lowest BCUT2D eigenvalue weighted by Gasteiger charge is -2.51. The van der Waals surface area contributed by atoms with Crippen LogP contribution in [0.1, 0.15) is 47.9 Å². The van der Waals surface area contributed by atoms with Crippen molar-refractivity contribution in [1.82, 2.24) is 0 Å². The van der Waals surface area contributed by atoms with E-state index in [2.05, 4.69) is 200 Å². The summed E-state index contributed by atoms with van der Waals surface area (Å²) in [6.07, 6.45) is 8.78. The first-order valence-corrected chi connectivity index (χ1v) is 27.4. The van der Waals surface area contributed by atoms with E-state index in [0.29, 0.717) is 0 Å². The minimum absolute atomic E-state index is 0.0187. The van der Waals surface area contributed by atoms with Gasteiger partial charge in [0.2, 0.25) is 0 Å². The van der Waals surface area contributed by atoms with E-state index in [0.717, 1.165) is 89.0 Å². The van der Waals surface area contributed by atoms with Crippen LogP contribution in [0.2, 0.25) is 0 Å². The van der Waals surface area contributed by atoms with Crippen molar-refractivity contribution in [3.8, 4) is 22.6 Å². The predicted molar refractivity (Wildman–Crippen MR) is 309 cm³/mol. The molecule has 0 saturated heterocycles. The fourth-order valence-corrected chi connectivity index (χ4v) is 15.4. The molecule has 74 heavy (non-hydrogen) atoms. The van der Waals surface area contributed by atoms with Crippen LogP contribution in [0, 0.1) is 0 Å². The summed E-state index contributed by atoms with van der Waals surface area (Å²) in [5, 5.41) is 0. The number of hydrogen-bond donors (Lipinski definition) is 0. The summed E-state index contributed by atoms with van der Waals surface area (Å²) >= 11 is 0. The van der Waals surface area contributed by atoms with Gasteiger partial charge >= 0.3 is 0 Å². The predicted octanol–water partition coefficient (Wildman–Crippen LogP) is 11.2. The highest BCUT2D eigenvalue weighted by Crippen LogP contribution is 2.56. The Labute approximate surface area is 434 Å². The van der Waals surface area contributed by atoms with E-state index in [1.165, 1.54) is 129 Å². The van der Waals surface area contributed by atoms with Gasteiger partial charge in [-0.3, -0.25) is 0 Å². The van der Waals surface area contributed by atoms with Gasteiger partial charge in [-0.05, 0) is 155 Å². The number of hydrogen-bond acceptors (Lipinski definition) is 6. The van der Waals surface area contributed by atoms with Crippen LogP contribution in [0.5, 0.6) is 11.5 Å². The summed E-state index contributed by atoms with van der Waals surface area (Å²) in [5.41, 5.74) is 31.0. The van der Waals surface area contributed by atoms with Gasteiger partial charge < -0.3 is 29.2 Å². The quantitative estimate of drug-likeness (QED) is 0.163. The maximum atomic E-state index is 7.37. The molecule has 8 aliphatic heterocycles. The Balaban J connectivity index is 1.05. The first-order chi connectivity index (χ1) is 36.8. The Kier molecular flexibility index (Phi) is 8.79. The molecule has 0 saturated carbocycles. The number of anilines is 11. The van der Waals surface area contributed by atoms with Crippen molar-refractivity contribution in [3.63, 3.8) is 0 Å². The van der Waals surface area contributed by atoms with Crippen LogP contribution in [-0.4, -0.2) is 39.6 Å². The van der Waals surface area contributed by atoms with Crippen LogP contribution in [0.15, 0.2) is 176 Å². The summed E-state index contributed by atoms with van der Waals surface area (Å²) in [4.78, 5) is 13.6. The van der Waals surface area contributed by atoms with Gasteiger partial charge in [0.15, 0.2) is 0 Å². The average molecular weight is 954 g/mol.